The summed E-state index contributed by atoms with van der Waals surface area (Å²) in [6.45, 7) is 6.53. The first-order valence-corrected chi connectivity index (χ1v) is 16.9. The van der Waals surface area contributed by atoms with Crippen molar-refractivity contribution in [2.75, 3.05) is 32.7 Å². The number of aromatic nitrogens is 2. The molecule has 0 bridgehead atoms. The fourth-order valence-electron chi connectivity index (χ4n) is 7.88. The maximum atomic E-state index is 13.6. The standard InChI is InChI=1S/C40H45FN4O/c41-35-18-16-34(17-19-35)30-45-37-15-8-7-14-36(37)42-38(45)40(46)22-26-43(27-23-40)25-21-39(28-32-10-3-1-4-11-32)20-9-24-44(31-39)29-33-12-5-2-6-13-33/h1-8,10-19,46H,9,20-31H2. The Balaban J connectivity index is 1.06. The largest absolute Gasteiger partial charge is 0.382 e. The van der Waals surface area contributed by atoms with Gasteiger partial charge in [0, 0.05) is 32.7 Å². The predicted molar refractivity (Wildman–Crippen MR) is 183 cm³/mol. The maximum absolute atomic E-state index is 13.6. The van der Waals surface area contributed by atoms with Gasteiger partial charge in [-0.1, -0.05) is 84.9 Å². The SMILES string of the molecule is OC1(c2nc3ccccc3n2Cc2ccc(F)cc2)CCN(CCC2(Cc3ccccc3)CCCN(Cc3ccccc3)C2)CC1. The topological polar surface area (TPSA) is 44.5 Å². The number of para-hydroxylation sites is 2. The van der Waals surface area contributed by atoms with Crippen LogP contribution < -0.4 is 0 Å². The van der Waals surface area contributed by atoms with Gasteiger partial charge in [-0.3, -0.25) is 4.90 Å². The third-order valence-corrected chi connectivity index (χ3v) is 10.4. The highest BCUT2D eigenvalue weighted by Gasteiger charge is 2.40. The normalized spacial score (nSPS) is 20.7. The first-order chi connectivity index (χ1) is 22.5. The molecular formula is C40H45FN4O. The average molecular weight is 617 g/mol. The van der Waals surface area contributed by atoms with E-state index in [0.717, 1.165) is 74.5 Å². The number of imidazole rings is 1. The zero-order valence-electron chi connectivity index (χ0n) is 26.7. The number of halogens is 1. The number of rotatable bonds is 10. The van der Waals surface area contributed by atoms with Gasteiger partial charge in [-0.2, -0.15) is 0 Å². The highest BCUT2D eigenvalue weighted by atomic mass is 19.1. The number of piperidine rings is 2. The summed E-state index contributed by atoms with van der Waals surface area (Å²) in [5.74, 6) is 0.482. The smallest absolute Gasteiger partial charge is 0.142 e. The van der Waals surface area contributed by atoms with E-state index >= 15 is 0 Å². The summed E-state index contributed by atoms with van der Waals surface area (Å²) in [5.41, 5.74) is 4.91. The monoisotopic (exact) mass is 616 g/mol. The molecule has 2 saturated heterocycles. The van der Waals surface area contributed by atoms with Crippen molar-refractivity contribution in [2.45, 2.75) is 57.2 Å². The lowest BCUT2D eigenvalue weighted by Gasteiger charge is -2.45. The molecule has 4 aromatic carbocycles. The van der Waals surface area contributed by atoms with Gasteiger partial charge in [-0.25, -0.2) is 9.37 Å². The fourth-order valence-corrected chi connectivity index (χ4v) is 7.88. The molecule has 6 heteroatoms. The highest BCUT2D eigenvalue weighted by Crippen LogP contribution is 2.40. The quantitative estimate of drug-likeness (QED) is 0.177. The molecule has 5 nitrogen and oxygen atoms in total. The summed E-state index contributed by atoms with van der Waals surface area (Å²) in [4.78, 5) is 10.2. The summed E-state index contributed by atoms with van der Waals surface area (Å²) in [6.07, 6.45) is 6.01. The van der Waals surface area contributed by atoms with E-state index in [1.54, 1.807) is 0 Å². The van der Waals surface area contributed by atoms with Gasteiger partial charge in [-0.05, 0) is 98.0 Å². The van der Waals surface area contributed by atoms with E-state index in [1.807, 2.05) is 30.3 Å². The number of aliphatic hydroxyl groups is 1. The van der Waals surface area contributed by atoms with Crippen LogP contribution in [0.3, 0.4) is 0 Å². The molecule has 0 saturated carbocycles. The van der Waals surface area contributed by atoms with E-state index in [2.05, 4.69) is 81.1 Å². The van der Waals surface area contributed by atoms with Crippen molar-refractivity contribution in [1.82, 2.24) is 19.4 Å². The molecule has 238 valence electrons. The van der Waals surface area contributed by atoms with Crippen LogP contribution in [0.25, 0.3) is 11.0 Å². The molecule has 1 unspecified atom stereocenters. The van der Waals surface area contributed by atoms with Gasteiger partial charge in [0.15, 0.2) is 0 Å². The molecule has 0 spiro atoms. The van der Waals surface area contributed by atoms with Crippen molar-refractivity contribution in [1.29, 1.82) is 0 Å². The van der Waals surface area contributed by atoms with Crippen LogP contribution in [0.4, 0.5) is 4.39 Å². The second-order valence-electron chi connectivity index (χ2n) is 13.7. The van der Waals surface area contributed by atoms with Crippen LogP contribution in [0.2, 0.25) is 0 Å². The van der Waals surface area contributed by atoms with Crippen molar-refractivity contribution in [3.63, 3.8) is 0 Å². The van der Waals surface area contributed by atoms with Gasteiger partial charge < -0.3 is 14.6 Å². The van der Waals surface area contributed by atoms with E-state index in [9.17, 15) is 9.50 Å². The van der Waals surface area contributed by atoms with Crippen molar-refractivity contribution < 1.29 is 9.50 Å². The lowest BCUT2D eigenvalue weighted by Crippen LogP contribution is -2.48. The summed E-state index contributed by atoms with van der Waals surface area (Å²) >= 11 is 0. The van der Waals surface area contributed by atoms with Gasteiger partial charge in [0.1, 0.15) is 17.2 Å². The highest BCUT2D eigenvalue weighted by molar-refractivity contribution is 5.76. The van der Waals surface area contributed by atoms with Crippen LogP contribution in [-0.4, -0.2) is 57.2 Å². The van der Waals surface area contributed by atoms with E-state index in [4.69, 9.17) is 4.98 Å². The van der Waals surface area contributed by atoms with Crippen molar-refractivity contribution >= 4 is 11.0 Å². The molecule has 2 fully saturated rings. The summed E-state index contributed by atoms with van der Waals surface area (Å²) in [7, 11) is 0. The van der Waals surface area contributed by atoms with Crippen molar-refractivity contribution in [2.24, 2.45) is 5.41 Å². The van der Waals surface area contributed by atoms with Crippen LogP contribution in [0, 0.1) is 11.2 Å². The lowest BCUT2D eigenvalue weighted by molar-refractivity contribution is -0.0387. The average Bonchev–Trinajstić information content (AvgIpc) is 3.46. The van der Waals surface area contributed by atoms with Crippen molar-refractivity contribution in [3.8, 4) is 0 Å². The van der Waals surface area contributed by atoms with Crippen LogP contribution in [0.5, 0.6) is 0 Å². The first kappa shape index (κ1) is 30.8. The summed E-state index contributed by atoms with van der Waals surface area (Å²) < 4.78 is 15.8. The molecule has 0 radical (unpaired) electrons. The number of hydrogen-bond donors (Lipinski definition) is 1. The van der Waals surface area contributed by atoms with E-state index in [-0.39, 0.29) is 11.2 Å². The molecule has 46 heavy (non-hydrogen) atoms. The van der Waals surface area contributed by atoms with E-state index in [1.165, 1.54) is 36.1 Å². The van der Waals surface area contributed by atoms with E-state index < -0.39 is 5.60 Å². The van der Waals surface area contributed by atoms with Gasteiger partial charge in [-0.15, -0.1) is 0 Å². The molecule has 1 atom stereocenters. The predicted octanol–water partition coefficient (Wildman–Crippen LogP) is 7.42. The Morgan fingerprint density at radius 3 is 2.07 bits per heavy atom. The maximum Gasteiger partial charge on any atom is 0.142 e. The van der Waals surface area contributed by atoms with Gasteiger partial charge in [0.2, 0.25) is 0 Å². The minimum atomic E-state index is -1.01. The van der Waals surface area contributed by atoms with Crippen LogP contribution in [0.1, 0.15) is 54.6 Å². The number of nitrogens with zero attached hydrogens (tertiary/aromatic N) is 4. The Hall–Kier alpha value is -3.84. The minimum Gasteiger partial charge on any atom is -0.382 e. The molecular weight excluding hydrogens is 571 g/mol. The van der Waals surface area contributed by atoms with Gasteiger partial charge in [0.25, 0.3) is 0 Å². The van der Waals surface area contributed by atoms with E-state index in [0.29, 0.717) is 19.4 Å². The third kappa shape index (κ3) is 6.95. The minimum absolute atomic E-state index is 0.227. The van der Waals surface area contributed by atoms with Gasteiger partial charge in [0.05, 0.1) is 11.0 Å². The Morgan fingerprint density at radius 1 is 0.674 bits per heavy atom. The number of benzene rings is 4. The Bertz CT molecular complexity index is 1710. The first-order valence-electron chi connectivity index (χ1n) is 16.9. The van der Waals surface area contributed by atoms with Crippen LogP contribution in [0.15, 0.2) is 109 Å². The lowest BCUT2D eigenvalue weighted by atomic mass is 9.72. The summed E-state index contributed by atoms with van der Waals surface area (Å²) in [6, 6.07) is 36.6. The molecule has 3 heterocycles. The molecule has 2 aliphatic heterocycles. The van der Waals surface area contributed by atoms with Crippen LogP contribution >= 0.6 is 0 Å². The van der Waals surface area contributed by atoms with Gasteiger partial charge >= 0.3 is 0 Å². The second kappa shape index (κ2) is 13.5. The molecule has 1 aromatic heterocycles. The third-order valence-electron chi connectivity index (χ3n) is 10.4. The van der Waals surface area contributed by atoms with Crippen LogP contribution in [-0.2, 0) is 25.1 Å². The molecule has 2 aliphatic rings. The molecule has 7 rings (SSSR count). The molecule has 1 N–H and O–H groups in total. The molecule has 0 amide bonds. The Kier molecular flexibility index (Phi) is 9.03. The molecule has 0 aliphatic carbocycles. The Labute approximate surface area is 272 Å². The zero-order valence-corrected chi connectivity index (χ0v) is 26.7. The molecule has 5 aromatic rings. The number of fused-ring (bicyclic) bond motifs is 1. The van der Waals surface area contributed by atoms with Crippen molar-refractivity contribution in [3.05, 3.63) is 138 Å². The number of hydrogen-bond acceptors (Lipinski definition) is 4. The zero-order chi connectivity index (χ0) is 31.4. The fraction of sp³-hybridized carbons (Fsp3) is 0.375. The second-order valence-corrected chi connectivity index (χ2v) is 13.7. The number of likely N-dealkylation sites (tertiary alicyclic amines) is 2. The Morgan fingerprint density at radius 2 is 1.33 bits per heavy atom. The summed E-state index contributed by atoms with van der Waals surface area (Å²) in [5, 5.41) is 12.1.